The number of nitrogens with one attached hydrogen (secondary N) is 2. The van der Waals surface area contributed by atoms with Crippen molar-refractivity contribution in [3.8, 4) is 6.07 Å². The highest BCUT2D eigenvalue weighted by Crippen LogP contribution is 2.36. The van der Waals surface area contributed by atoms with Crippen molar-refractivity contribution in [3.63, 3.8) is 0 Å². The molecule has 208 valence electrons. The minimum absolute atomic E-state index is 0.0217. The van der Waals surface area contributed by atoms with E-state index in [0.29, 0.717) is 23.1 Å². The second kappa shape index (κ2) is 12.3. The maximum Gasteiger partial charge on any atom is 0.252 e. The number of sulfonamides is 1. The summed E-state index contributed by atoms with van der Waals surface area (Å²) < 4.78 is 28.6. The van der Waals surface area contributed by atoms with Gasteiger partial charge in [-0.05, 0) is 60.5 Å². The first kappa shape index (κ1) is 29.4. The van der Waals surface area contributed by atoms with Gasteiger partial charge in [0.15, 0.2) is 0 Å². The molecule has 0 aliphatic carbocycles. The van der Waals surface area contributed by atoms with Crippen molar-refractivity contribution in [3.05, 3.63) is 99.0 Å². The number of amides is 2. The van der Waals surface area contributed by atoms with E-state index in [1.165, 1.54) is 25.1 Å². The second-order valence-corrected chi connectivity index (χ2v) is 12.4. The molecule has 4 rings (SSSR count). The molecule has 3 aromatic rings. The molecule has 4 N–H and O–H groups in total. The van der Waals surface area contributed by atoms with Crippen LogP contribution in [0.4, 0.5) is 5.69 Å². The van der Waals surface area contributed by atoms with Crippen LogP contribution < -0.4 is 15.8 Å². The van der Waals surface area contributed by atoms with Crippen molar-refractivity contribution in [2.75, 3.05) is 23.6 Å². The van der Waals surface area contributed by atoms with Gasteiger partial charge in [0, 0.05) is 34.6 Å². The van der Waals surface area contributed by atoms with E-state index in [1.807, 2.05) is 54.6 Å². The molecule has 0 bridgehead atoms. The largest absolute Gasteiger partial charge is 0.368 e. The van der Waals surface area contributed by atoms with Crippen LogP contribution >= 0.6 is 23.2 Å². The van der Waals surface area contributed by atoms with E-state index in [-0.39, 0.29) is 34.5 Å². The molecule has 2 amide bonds. The van der Waals surface area contributed by atoms with Gasteiger partial charge in [-0.15, -0.1) is 0 Å². The molecule has 0 saturated carbocycles. The van der Waals surface area contributed by atoms with E-state index in [1.54, 1.807) is 0 Å². The fraction of sp³-hybridized carbons (Fsp3) is 0.250. The molecule has 1 saturated heterocycles. The first-order valence-corrected chi connectivity index (χ1v) is 14.8. The lowest BCUT2D eigenvalue weighted by Gasteiger charge is -2.44. The Balaban J connectivity index is 1.45. The zero-order valence-corrected chi connectivity index (χ0v) is 23.8. The minimum atomic E-state index is -3.82. The monoisotopic (exact) mass is 599 g/mol. The minimum Gasteiger partial charge on any atom is -0.368 e. The molecule has 1 heterocycles. The van der Waals surface area contributed by atoms with Crippen LogP contribution in [0.2, 0.25) is 10.0 Å². The number of halogens is 2. The third kappa shape index (κ3) is 7.31. The number of nitrogens with two attached hydrogens (primary N) is 1. The summed E-state index contributed by atoms with van der Waals surface area (Å²) in [7, 11) is -3.82. The Bertz CT molecular complexity index is 1510. The van der Waals surface area contributed by atoms with Crippen molar-refractivity contribution in [1.82, 2.24) is 10.2 Å². The summed E-state index contributed by atoms with van der Waals surface area (Å²) in [6, 6.07) is 19.9. The number of carbonyl (C=O) groups excluding carboxylic acids is 2. The standard InChI is InChI=1S/C28H27Cl2N5O4S/c1-17(27(32)36)33-28(37)22-10-18(13-31)11-25(12-22)34-40(38,39)16-19-14-35(15-19)26(20-2-6-23(29)7-3-20)21-4-8-24(30)9-5-21/h2-12,17,19,26,34H,14-16H2,1H3,(H2,32,36)(H,33,37). The highest BCUT2D eigenvalue weighted by atomic mass is 35.5. The van der Waals surface area contributed by atoms with Crippen LogP contribution in [0.5, 0.6) is 0 Å². The number of likely N-dealkylation sites (tertiary alicyclic amines) is 1. The summed E-state index contributed by atoms with van der Waals surface area (Å²) in [5.74, 6) is -1.67. The smallest absolute Gasteiger partial charge is 0.252 e. The van der Waals surface area contributed by atoms with Crippen molar-refractivity contribution >= 4 is 50.7 Å². The van der Waals surface area contributed by atoms with Crippen LogP contribution in [-0.4, -0.2) is 50.0 Å². The third-order valence-electron chi connectivity index (χ3n) is 6.55. The average molecular weight is 601 g/mol. The van der Waals surface area contributed by atoms with Crippen molar-refractivity contribution in [2.24, 2.45) is 11.7 Å². The first-order valence-electron chi connectivity index (χ1n) is 12.3. The number of carbonyl (C=O) groups is 2. The Morgan fingerprint density at radius 2 is 1.57 bits per heavy atom. The van der Waals surface area contributed by atoms with Gasteiger partial charge in [-0.25, -0.2) is 8.42 Å². The predicted octanol–water partition coefficient (Wildman–Crippen LogP) is 3.93. The maximum atomic E-state index is 13.0. The quantitative estimate of drug-likeness (QED) is 0.322. The number of nitriles is 1. The highest BCUT2D eigenvalue weighted by Gasteiger charge is 2.36. The Kier molecular flexibility index (Phi) is 9.01. The number of hydrogen-bond donors (Lipinski definition) is 3. The molecule has 0 aromatic heterocycles. The fourth-order valence-electron chi connectivity index (χ4n) is 4.60. The molecule has 3 aromatic carbocycles. The number of nitrogens with zero attached hydrogens (tertiary/aromatic N) is 2. The van der Waals surface area contributed by atoms with Gasteiger partial charge < -0.3 is 11.1 Å². The summed E-state index contributed by atoms with van der Waals surface area (Å²) >= 11 is 12.2. The zero-order chi connectivity index (χ0) is 29.0. The number of hydrogen-bond acceptors (Lipinski definition) is 6. The van der Waals surface area contributed by atoms with Crippen LogP contribution in [0.1, 0.15) is 40.0 Å². The SMILES string of the molecule is CC(NC(=O)c1cc(C#N)cc(NS(=O)(=O)CC2CN(C(c3ccc(Cl)cc3)c3ccc(Cl)cc3)C2)c1)C(N)=O. The summed E-state index contributed by atoms with van der Waals surface area (Å²) in [5.41, 5.74) is 7.42. The van der Waals surface area contributed by atoms with Gasteiger partial charge in [-0.3, -0.25) is 19.2 Å². The Morgan fingerprint density at radius 1 is 1.02 bits per heavy atom. The first-order chi connectivity index (χ1) is 18.9. The van der Waals surface area contributed by atoms with Crippen LogP contribution in [-0.2, 0) is 14.8 Å². The van der Waals surface area contributed by atoms with E-state index < -0.39 is 27.9 Å². The molecule has 0 radical (unpaired) electrons. The van der Waals surface area contributed by atoms with Gasteiger partial charge >= 0.3 is 0 Å². The van der Waals surface area contributed by atoms with Crippen LogP contribution in [0, 0.1) is 17.2 Å². The molecule has 1 fully saturated rings. The number of rotatable bonds is 10. The molecule has 9 nitrogen and oxygen atoms in total. The lowest BCUT2D eigenvalue weighted by Crippen LogP contribution is -2.51. The van der Waals surface area contributed by atoms with Gasteiger partial charge in [0.1, 0.15) is 6.04 Å². The van der Waals surface area contributed by atoms with Crippen molar-refractivity contribution in [1.29, 1.82) is 5.26 Å². The molecule has 40 heavy (non-hydrogen) atoms. The molecule has 1 unspecified atom stereocenters. The van der Waals surface area contributed by atoms with Crippen LogP contribution in [0.15, 0.2) is 66.7 Å². The zero-order valence-electron chi connectivity index (χ0n) is 21.5. The lowest BCUT2D eigenvalue weighted by molar-refractivity contribution is -0.119. The van der Waals surface area contributed by atoms with Gasteiger partial charge in [0.2, 0.25) is 15.9 Å². The molecule has 12 heteroatoms. The van der Waals surface area contributed by atoms with E-state index >= 15 is 0 Å². The molecule has 1 aliphatic heterocycles. The average Bonchev–Trinajstić information content (AvgIpc) is 2.88. The topological polar surface area (TPSA) is 145 Å². The Morgan fingerprint density at radius 3 is 2.08 bits per heavy atom. The van der Waals surface area contributed by atoms with Gasteiger partial charge in [0.05, 0.1) is 29.1 Å². The van der Waals surface area contributed by atoms with E-state index in [0.717, 1.165) is 11.1 Å². The van der Waals surface area contributed by atoms with Crippen LogP contribution in [0.3, 0.4) is 0 Å². The molecule has 1 aliphatic rings. The number of anilines is 1. The van der Waals surface area contributed by atoms with E-state index in [9.17, 15) is 23.3 Å². The predicted molar refractivity (Wildman–Crippen MR) is 154 cm³/mol. The molecule has 0 spiro atoms. The van der Waals surface area contributed by atoms with E-state index in [2.05, 4.69) is 14.9 Å². The summed E-state index contributed by atoms with van der Waals surface area (Å²) in [5, 5.41) is 13.0. The second-order valence-electron chi connectivity index (χ2n) is 9.72. The Hall–Kier alpha value is -3.62. The van der Waals surface area contributed by atoms with Gasteiger partial charge in [0.25, 0.3) is 5.91 Å². The fourth-order valence-corrected chi connectivity index (χ4v) is 6.24. The van der Waals surface area contributed by atoms with Gasteiger partial charge in [-0.2, -0.15) is 5.26 Å². The highest BCUT2D eigenvalue weighted by molar-refractivity contribution is 7.92. The van der Waals surface area contributed by atoms with E-state index in [4.69, 9.17) is 28.9 Å². The third-order valence-corrected chi connectivity index (χ3v) is 8.51. The summed E-state index contributed by atoms with van der Waals surface area (Å²) in [6.45, 7) is 2.49. The molecule has 1 atom stereocenters. The summed E-state index contributed by atoms with van der Waals surface area (Å²) in [4.78, 5) is 26.0. The van der Waals surface area contributed by atoms with Crippen LogP contribution in [0.25, 0.3) is 0 Å². The normalized spacial score (nSPS) is 14.7. The molecular formula is C28H27Cl2N5O4S. The number of primary amides is 1. The van der Waals surface area contributed by atoms with Crippen molar-refractivity contribution in [2.45, 2.75) is 19.0 Å². The lowest BCUT2D eigenvalue weighted by atomic mass is 9.91. The summed E-state index contributed by atoms with van der Waals surface area (Å²) in [6.07, 6.45) is 0. The van der Waals surface area contributed by atoms with Crippen molar-refractivity contribution < 1.29 is 18.0 Å². The Labute approximate surface area is 242 Å². The van der Waals surface area contributed by atoms with Gasteiger partial charge in [-0.1, -0.05) is 47.5 Å². The maximum absolute atomic E-state index is 13.0. The molecular weight excluding hydrogens is 573 g/mol. The number of benzene rings is 3.